The van der Waals surface area contributed by atoms with Gasteiger partial charge < -0.3 is 10.4 Å². The van der Waals surface area contributed by atoms with E-state index in [2.05, 4.69) is 5.32 Å². The molecule has 5 heteroatoms. The first kappa shape index (κ1) is 13.6. The molecule has 0 fully saturated rings. The smallest absolute Gasteiger partial charge is 0.193 e. The quantitative estimate of drug-likeness (QED) is 0.491. The zero-order valence-corrected chi connectivity index (χ0v) is 10.1. The Balaban J connectivity index is 4.21. The maximum atomic E-state index is 9.64. The van der Waals surface area contributed by atoms with E-state index in [0.29, 0.717) is 0 Å². The minimum Gasteiger partial charge on any atom is -0.394 e. The molecule has 0 rings (SSSR count). The van der Waals surface area contributed by atoms with Crippen LogP contribution in [0, 0.1) is 0 Å². The molecule has 1 atom stereocenters. The van der Waals surface area contributed by atoms with Crippen molar-refractivity contribution in [3.63, 3.8) is 0 Å². The molecule has 4 nitrogen and oxygen atoms in total. The number of hydrogen-bond acceptors (Lipinski definition) is 3. The van der Waals surface area contributed by atoms with Crippen LogP contribution >= 0.6 is 12.2 Å². The molecule has 0 aromatic rings. The normalized spacial score (nSPS) is 13.6. The molecule has 0 aromatic carbocycles. The van der Waals surface area contributed by atoms with Gasteiger partial charge in [0.25, 0.3) is 0 Å². The minimum atomic E-state index is -0.433. The minimum absolute atomic E-state index is 0.00855. The summed E-state index contributed by atoms with van der Waals surface area (Å²) in [6.07, 6.45) is 0.759. The van der Waals surface area contributed by atoms with E-state index in [0.717, 1.165) is 11.5 Å². The van der Waals surface area contributed by atoms with Gasteiger partial charge in [-0.05, 0) is 39.4 Å². The molecule has 0 aliphatic rings. The summed E-state index contributed by atoms with van der Waals surface area (Å²) in [4.78, 5) is 0. The van der Waals surface area contributed by atoms with Crippen molar-refractivity contribution in [3.05, 3.63) is 0 Å². The van der Waals surface area contributed by atoms with E-state index in [1.807, 2.05) is 27.7 Å². The molecular formula is C9H20N2O2S. The van der Waals surface area contributed by atoms with Gasteiger partial charge in [-0.15, -0.1) is 0 Å². The maximum absolute atomic E-state index is 9.64. The third-order valence-electron chi connectivity index (χ3n) is 1.87. The zero-order valence-electron chi connectivity index (χ0n) is 9.24. The molecule has 0 saturated heterocycles. The summed E-state index contributed by atoms with van der Waals surface area (Å²) >= 11 is 4.99. The average Bonchev–Trinajstić information content (AvgIpc) is 2.11. The molecule has 0 spiro atoms. The predicted molar refractivity (Wildman–Crippen MR) is 60.3 cm³/mol. The number of aliphatic hydroxyl groups excluding tert-OH is 1. The standard InChI is InChI=1S/C9H20N2O2S/c1-5-7(6-12)10-8(14)11(13)9(2,3)4/h7,12-13H,5-6H2,1-4H3,(H,10,14). The lowest BCUT2D eigenvalue weighted by Crippen LogP contribution is -2.51. The molecule has 0 aliphatic heterocycles. The molecular weight excluding hydrogens is 200 g/mol. The van der Waals surface area contributed by atoms with Crippen LogP contribution in [0.15, 0.2) is 0 Å². The predicted octanol–water partition coefficient (Wildman–Crippen LogP) is 1.12. The maximum Gasteiger partial charge on any atom is 0.193 e. The Morgan fingerprint density at radius 3 is 2.29 bits per heavy atom. The fourth-order valence-corrected chi connectivity index (χ4v) is 1.26. The third kappa shape index (κ3) is 4.21. The van der Waals surface area contributed by atoms with Gasteiger partial charge in [-0.2, -0.15) is 0 Å². The topological polar surface area (TPSA) is 55.7 Å². The van der Waals surface area contributed by atoms with Crippen LogP contribution in [0.1, 0.15) is 34.1 Å². The summed E-state index contributed by atoms with van der Waals surface area (Å²) in [5, 5.41) is 22.7. The number of nitrogens with one attached hydrogen (secondary N) is 1. The van der Waals surface area contributed by atoms with Gasteiger partial charge in [-0.25, -0.2) is 5.06 Å². The summed E-state index contributed by atoms with van der Waals surface area (Å²) in [7, 11) is 0. The molecule has 0 aromatic heterocycles. The fraction of sp³-hybridized carbons (Fsp3) is 0.889. The highest BCUT2D eigenvalue weighted by Gasteiger charge is 2.23. The van der Waals surface area contributed by atoms with Gasteiger partial charge in [0.05, 0.1) is 18.2 Å². The average molecular weight is 220 g/mol. The molecule has 84 valence electrons. The van der Waals surface area contributed by atoms with E-state index < -0.39 is 5.54 Å². The Kier molecular flexibility index (Phi) is 5.33. The Morgan fingerprint density at radius 2 is 2.00 bits per heavy atom. The second-order valence-electron chi connectivity index (χ2n) is 4.22. The Bertz CT molecular complexity index is 188. The van der Waals surface area contributed by atoms with Crippen molar-refractivity contribution in [2.24, 2.45) is 0 Å². The summed E-state index contributed by atoms with van der Waals surface area (Å²) in [5.41, 5.74) is -0.433. The van der Waals surface area contributed by atoms with Gasteiger partial charge in [0, 0.05) is 0 Å². The third-order valence-corrected chi connectivity index (χ3v) is 2.16. The van der Waals surface area contributed by atoms with Gasteiger partial charge in [-0.3, -0.25) is 5.21 Å². The lowest BCUT2D eigenvalue weighted by atomic mass is 10.1. The molecule has 0 saturated carbocycles. The van der Waals surface area contributed by atoms with Crippen LogP contribution in [0.5, 0.6) is 0 Å². The van der Waals surface area contributed by atoms with E-state index in [1.165, 1.54) is 0 Å². The zero-order chi connectivity index (χ0) is 11.4. The van der Waals surface area contributed by atoms with Crippen LogP contribution in [-0.4, -0.2) is 38.7 Å². The van der Waals surface area contributed by atoms with E-state index in [4.69, 9.17) is 17.3 Å². The van der Waals surface area contributed by atoms with Crippen molar-refractivity contribution in [1.29, 1.82) is 0 Å². The van der Waals surface area contributed by atoms with Crippen molar-refractivity contribution in [1.82, 2.24) is 10.4 Å². The molecule has 14 heavy (non-hydrogen) atoms. The second-order valence-corrected chi connectivity index (χ2v) is 4.61. The van der Waals surface area contributed by atoms with Crippen molar-refractivity contribution in [2.75, 3.05) is 6.61 Å². The van der Waals surface area contributed by atoms with Crippen molar-refractivity contribution < 1.29 is 10.3 Å². The van der Waals surface area contributed by atoms with E-state index in [9.17, 15) is 5.21 Å². The number of nitrogens with zero attached hydrogens (tertiary/aromatic N) is 1. The van der Waals surface area contributed by atoms with Crippen molar-refractivity contribution in [3.8, 4) is 0 Å². The highest BCUT2D eigenvalue weighted by atomic mass is 32.1. The fourth-order valence-electron chi connectivity index (χ4n) is 0.817. The summed E-state index contributed by atoms with van der Waals surface area (Å²) < 4.78 is 0. The molecule has 0 bridgehead atoms. The molecule has 0 aliphatic carbocycles. The molecule has 0 radical (unpaired) electrons. The van der Waals surface area contributed by atoms with E-state index in [-0.39, 0.29) is 17.8 Å². The largest absolute Gasteiger partial charge is 0.394 e. The van der Waals surface area contributed by atoms with Crippen LogP contribution in [0.2, 0.25) is 0 Å². The Labute approximate surface area is 90.9 Å². The Hall–Kier alpha value is -0.390. The second kappa shape index (κ2) is 5.48. The lowest BCUT2D eigenvalue weighted by molar-refractivity contribution is -0.0862. The summed E-state index contributed by atoms with van der Waals surface area (Å²) in [5.74, 6) is 0. The number of thiocarbonyl (C=S) groups is 1. The van der Waals surface area contributed by atoms with E-state index >= 15 is 0 Å². The van der Waals surface area contributed by atoms with Crippen molar-refractivity contribution >= 4 is 17.3 Å². The summed E-state index contributed by atoms with van der Waals surface area (Å²) in [6, 6.07) is -0.0977. The Morgan fingerprint density at radius 1 is 1.50 bits per heavy atom. The lowest BCUT2D eigenvalue weighted by Gasteiger charge is -2.32. The molecule has 3 N–H and O–H groups in total. The summed E-state index contributed by atoms with van der Waals surface area (Å²) in [6.45, 7) is 7.49. The van der Waals surface area contributed by atoms with Crippen molar-refractivity contribution in [2.45, 2.75) is 45.7 Å². The highest BCUT2D eigenvalue weighted by Crippen LogP contribution is 2.10. The molecule has 0 amide bonds. The highest BCUT2D eigenvalue weighted by molar-refractivity contribution is 7.80. The number of aliphatic hydroxyl groups is 1. The van der Waals surface area contributed by atoms with E-state index in [1.54, 1.807) is 0 Å². The number of rotatable bonds is 3. The van der Waals surface area contributed by atoms with Gasteiger partial charge in [-0.1, -0.05) is 6.92 Å². The number of hydroxylamine groups is 2. The monoisotopic (exact) mass is 220 g/mol. The van der Waals surface area contributed by atoms with Gasteiger partial charge >= 0.3 is 0 Å². The van der Waals surface area contributed by atoms with Crippen LogP contribution in [0.4, 0.5) is 0 Å². The van der Waals surface area contributed by atoms with Crippen LogP contribution in [0.25, 0.3) is 0 Å². The SMILES string of the molecule is CCC(CO)NC(=S)N(O)C(C)(C)C. The first-order valence-electron chi connectivity index (χ1n) is 4.73. The van der Waals surface area contributed by atoms with Crippen LogP contribution in [0.3, 0.4) is 0 Å². The number of hydrogen-bond donors (Lipinski definition) is 3. The molecule has 1 unspecified atom stereocenters. The first-order chi connectivity index (χ1) is 6.32. The van der Waals surface area contributed by atoms with Gasteiger partial charge in [0.2, 0.25) is 0 Å². The van der Waals surface area contributed by atoms with Gasteiger partial charge in [0.1, 0.15) is 0 Å². The molecule has 0 heterocycles. The first-order valence-corrected chi connectivity index (χ1v) is 5.14. The van der Waals surface area contributed by atoms with Crippen LogP contribution < -0.4 is 5.32 Å². The van der Waals surface area contributed by atoms with Crippen LogP contribution in [-0.2, 0) is 0 Å². The van der Waals surface area contributed by atoms with Gasteiger partial charge in [0.15, 0.2) is 5.11 Å².